The van der Waals surface area contributed by atoms with Crippen LogP contribution in [0.15, 0.2) is 29.6 Å². The van der Waals surface area contributed by atoms with E-state index in [9.17, 15) is 9.59 Å². The Bertz CT molecular complexity index is 810. The first-order chi connectivity index (χ1) is 11.5. The Morgan fingerprint density at radius 1 is 1.29 bits per heavy atom. The van der Waals surface area contributed by atoms with Crippen LogP contribution >= 0.6 is 11.3 Å². The van der Waals surface area contributed by atoms with Crippen LogP contribution < -0.4 is 5.32 Å². The zero-order valence-corrected chi connectivity index (χ0v) is 14.5. The summed E-state index contributed by atoms with van der Waals surface area (Å²) in [4.78, 5) is 30.8. The molecule has 1 aliphatic carbocycles. The summed E-state index contributed by atoms with van der Waals surface area (Å²) in [5.41, 5.74) is 2.28. The predicted molar refractivity (Wildman–Crippen MR) is 92.5 cm³/mol. The maximum Gasteiger partial charge on any atom is 0.325 e. The number of hydrogen-bond donors (Lipinski definition) is 1. The van der Waals surface area contributed by atoms with Gasteiger partial charge < -0.3 is 5.32 Å². The molecule has 1 atom stereocenters. The van der Waals surface area contributed by atoms with E-state index in [0.29, 0.717) is 0 Å². The first-order valence-electron chi connectivity index (χ1n) is 8.13. The second-order valence-electron chi connectivity index (χ2n) is 6.81. The molecule has 1 aliphatic heterocycles. The number of carbonyl (C=O) groups excluding carboxylic acids is 2. The van der Waals surface area contributed by atoms with Gasteiger partial charge in [-0.05, 0) is 32.6 Å². The summed E-state index contributed by atoms with van der Waals surface area (Å²) in [7, 11) is 0. The molecule has 0 radical (unpaired) electrons. The Hall–Kier alpha value is -2.21. The molecule has 5 nitrogen and oxygen atoms in total. The molecule has 0 spiro atoms. The molecule has 1 aromatic carbocycles. The fourth-order valence-electron chi connectivity index (χ4n) is 3.17. The third kappa shape index (κ3) is 2.51. The van der Waals surface area contributed by atoms with Gasteiger partial charge in [-0.2, -0.15) is 0 Å². The molecule has 1 saturated heterocycles. The van der Waals surface area contributed by atoms with Gasteiger partial charge in [0.15, 0.2) is 0 Å². The zero-order valence-electron chi connectivity index (χ0n) is 13.7. The number of urea groups is 1. The van der Waals surface area contributed by atoms with Crippen LogP contribution in [0.5, 0.6) is 0 Å². The van der Waals surface area contributed by atoms with Gasteiger partial charge >= 0.3 is 6.03 Å². The van der Waals surface area contributed by atoms with Crippen molar-refractivity contribution in [2.24, 2.45) is 5.92 Å². The van der Waals surface area contributed by atoms with Crippen LogP contribution in [0.4, 0.5) is 4.79 Å². The van der Waals surface area contributed by atoms with Gasteiger partial charge in [-0.1, -0.05) is 29.8 Å². The normalized spacial score (nSPS) is 23.7. The van der Waals surface area contributed by atoms with E-state index in [-0.39, 0.29) is 24.4 Å². The summed E-state index contributed by atoms with van der Waals surface area (Å²) in [6, 6.07) is 7.87. The predicted octanol–water partition coefficient (Wildman–Crippen LogP) is 3.34. The van der Waals surface area contributed by atoms with Crippen molar-refractivity contribution in [3.63, 3.8) is 0 Å². The molecule has 124 valence electrons. The van der Waals surface area contributed by atoms with E-state index in [2.05, 4.69) is 22.4 Å². The molecule has 0 unspecified atom stereocenters. The molecule has 6 heteroatoms. The van der Waals surface area contributed by atoms with Crippen LogP contribution in [0.2, 0.25) is 0 Å². The molecule has 2 heterocycles. The number of nitrogens with zero attached hydrogens (tertiary/aromatic N) is 2. The molecular formula is C18H19N3O2S. The number of aromatic nitrogens is 1. The number of nitrogens with one attached hydrogen (secondary N) is 1. The lowest BCUT2D eigenvalue weighted by molar-refractivity contribution is -0.131. The van der Waals surface area contributed by atoms with E-state index in [0.717, 1.165) is 29.1 Å². The number of thiazole rings is 1. The molecule has 1 N–H and O–H groups in total. The molecule has 24 heavy (non-hydrogen) atoms. The Kier molecular flexibility index (Phi) is 3.46. The zero-order chi connectivity index (χ0) is 16.9. The maximum absolute atomic E-state index is 12.7. The lowest BCUT2D eigenvalue weighted by atomic mass is 9.96. The quantitative estimate of drug-likeness (QED) is 0.868. The maximum atomic E-state index is 12.7. The van der Waals surface area contributed by atoms with Crippen molar-refractivity contribution >= 4 is 23.3 Å². The minimum Gasteiger partial charge on any atom is -0.323 e. The monoisotopic (exact) mass is 341 g/mol. The first kappa shape index (κ1) is 15.3. The first-order valence-corrected chi connectivity index (χ1v) is 9.01. The molecule has 4 rings (SSSR count). The highest BCUT2D eigenvalue weighted by Crippen LogP contribution is 2.42. The second-order valence-corrected chi connectivity index (χ2v) is 7.67. The highest BCUT2D eigenvalue weighted by atomic mass is 32.1. The van der Waals surface area contributed by atoms with Crippen molar-refractivity contribution < 1.29 is 9.59 Å². The number of imide groups is 1. The van der Waals surface area contributed by atoms with Crippen LogP contribution in [-0.4, -0.2) is 27.4 Å². The van der Waals surface area contributed by atoms with E-state index >= 15 is 0 Å². The molecule has 1 aromatic heterocycles. The van der Waals surface area contributed by atoms with Crippen LogP contribution in [0, 0.1) is 12.8 Å². The third-order valence-electron chi connectivity index (χ3n) is 4.87. The van der Waals surface area contributed by atoms with Gasteiger partial charge in [0.2, 0.25) is 0 Å². The Labute approximate surface area is 144 Å². The van der Waals surface area contributed by atoms with Crippen LogP contribution in [0.3, 0.4) is 0 Å². The number of aryl methyl sites for hydroxylation is 1. The lowest BCUT2D eigenvalue weighted by Gasteiger charge is -2.20. The van der Waals surface area contributed by atoms with Gasteiger partial charge in [-0.25, -0.2) is 9.78 Å². The topological polar surface area (TPSA) is 62.3 Å². The third-order valence-corrected chi connectivity index (χ3v) is 5.81. The van der Waals surface area contributed by atoms with Gasteiger partial charge in [-0.15, -0.1) is 11.3 Å². The summed E-state index contributed by atoms with van der Waals surface area (Å²) in [5, 5.41) is 5.69. The summed E-state index contributed by atoms with van der Waals surface area (Å²) < 4.78 is 0. The lowest BCUT2D eigenvalue weighted by Crippen LogP contribution is -2.46. The fourth-order valence-corrected chi connectivity index (χ4v) is 3.98. The second kappa shape index (κ2) is 5.41. The Balaban J connectivity index is 1.53. The summed E-state index contributed by atoms with van der Waals surface area (Å²) in [5.74, 6) is 0.150. The average Bonchev–Trinajstić information content (AvgIpc) is 3.28. The highest BCUT2D eigenvalue weighted by molar-refractivity contribution is 7.13. The molecule has 3 amide bonds. The Morgan fingerprint density at radius 3 is 2.67 bits per heavy atom. The SMILES string of the molecule is Cc1ccc(-c2nc(CN3C(=O)N[C@](C)(C4CC4)C3=O)cs2)cc1. The van der Waals surface area contributed by atoms with Crippen molar-refractivity contribution in [1.82, 2.24) is 15.2 Å². The van der Waals surface area contributed by atoms with Crippen LogP contribution in [0.1, 0.15) is 31.0 Å². The van der Waals surface area contributed by atoms with Gasteiger partial charge in [0.25, 0.3) is 5.91 Å². The number of amides is 3. The molecule has 2 aliphatic rings. The van der Waals surface area contributed by atoms with Crippen molar-refractivity contribution in [3.8, 4) is 10.6 Å². The van der Waals surface area contributed by atoms with Crippen LogP contribution in [-0.2, 0) is 11.3 Å². The number of hydrogen-bond acceptors (Lipinski definition) is 4. The van der Waals surface area contributed by atoms with Crippen LogP contribution in [0.25, 0.3) is 10.6 Å². The van der Waals surface area contributed by atoms with Crippen molar-refractivity contribution in [2.45, 2.75) is 38.8 Å². The van der Waals surface area contributed by atoms with Gasteiger partial charge in [0, 0.05) is 10.9 Å². The number of benzene rings is 1. The smallest absolute Gasteiger partial charge is 0.323 e. The van der Waals surface area contributed by atoms with E-state index in [4.69, 9.17) is 0 Å². The van der Waals surface area contributed by atoms with E-state index in [1.165, 1.54) is 21.8 Å². The van der Waals surface area contributed by atoms with Crippen molar-refractivity contribution in [2.75, 3.05) is 0 Å². The number of carbonyl (C=O) groups is 2. The highest BCUT2D eigenvalue weighted by Gasteiger charge is 2.55. The molecular weight excluding hydrogens is 322 g/mol. The molecule has 0 bridgehead atoms. The largest absolute Gasteiger partial charge is 0.325 e. The Morgan fingerprint density at radius 2 is 2.00 bits per heavy atom. The van der Waals surface area contributed by atoms with E-state index in [1.54, 1.807) is 0 Å². The standard InChI is InChI=1S/C18H19N3O2S/c1-11-3-5-12(6-4-11)15-19-14(10-24-15)9-21-16(22)18(2,13-7-8-13)20-17(21)23/h3-6,10,13H,7-9H2,1-2H3,(H,20,23)/t18-/m1/s1. The molecule has 1 saturated carbocycles. The minimum atomic E-state index is -0.729. The van der Waals surface area contributed by atoms with E-state index < -0.39 is 5.54 Å². The minimum absolute atomic E-state index is 0.125. The van der Waals surface area contributed by atoms with E-state index in [1.807, 2.05) is 31.4 Å². The fraction of sp³-hybridized carbons (Fsp3) is 0.389. The number of rotatable bonds is 4. The molecule has 2 fully saturated rings. The molecule has 2 aromatic rings. The average molecular weight is 341 g/mol. The van der Waals surface area contributed by atoms with Crippen molar-refractivity contribution in [3.05, 3.63) is 40.9 Å². The van der Waals surface area contributed by atoms with Gasteiger partial charge in [0.05, 0.1) is 12.2 Å². The summed E-state index contributed by atoms with van der Waals surface area (Å²) in [6.07, 6.45) is 2.01. The van der Waals surface area contributed by atoms with Gasteiger partial charge in [0.1, 0.15) is 10.5 Å². The van der Waals surface area contributed by atoms with Gasteiger partial charge in [-0.3, -0.25) is 9.69 Å². The summed E-state index contributed by atoms with van der Waals surface area (Å²) >= 11 is 1.53. The van der Waals surface area contributed by atoms with Crippen molar-refractivity contribution in [1.29, 1.82) is 0 Å². The summed E-state index contributed by atoms with van der Waals surface area (Å²) in [6.45, 7) is 4.12.